The third kappa shape index (κ3) is 2.36. The van der Waals surface area contributed by atoms with Gasteiger partial charge in [0.2, 0.25) is 5.78 Å². The molecule has 4 nitrogen and oxygen atoms in total. The minimum atomic E-state index is -0.0350. The molecular formula is C13H14BrN3O. The molecule has 0 aliphatic rings. The van der Waals surface area contributed by atoms with E-state index >= 15 is 0 Å². The molecule has 0 bridgehead atoms. The molecule has 0 saturated heterocycles. The number of hydrogen-bond donors (Lipinski definition) is 0. The van der Waals surface area contributed by atoms with Crippen LogP contribution in [0.5, 0.6) is 0 Å². The van der Waals surface area contributed by atoms with Crippen LogP contribution in [0.2, 0.25) is 0 Å². The van der Waals surface area contributed by atoms with Gasteiger partial charge in [0.05, 0.1) is 6.20 Å². The lowest BCUT2D eigenvalue weighted by atomic mass is 10.0. The maximum atomic E-state index is 12.5. The first-order chi connectivity index (χ1) is 8.65. The molecule has 1 aromatic heterocycles. The summed E-state index contributed by atoms with van der Waals surface area (Å²) >= 11 is 3.44. The van der Waals surface area contributed by atoms with Crippen LogP contribution in [0.15, 0.2) is 28.9 Å². The van der Waals surface area contributed by atoms with Crippen LogP contribution in [-0.2, 0) is 6.54 Å². The zero-order valence-electron chi connectivity index (χ0n) is 10.4. The first-order valence-corrected chi connectivity index (χ1v) is 6.62. The van der Waals surface area contributed by atoms with Crippen LogP contribution < -0.4 is 0 Å². The number of aryl methyl sites for hydroxylation is 1. The highest BCUT2D eigenvalue weighted by atomic mass is 79.9. The Morgan fingerprint density at radius 2 is 2.22 bits per heavy atom. The van der Waals surface area contributed by atoms with Crippen molar-refractivity contribution < 1.29 is 4.79 Å². The predicted molar refractivity (Wildman–Crippen MR) is 72.6 cm³/mol. The largest absolute Gasteiger partial charge is 0.287 e. The summed E-state index contributed by atoms with van der Waals surface area (Å²) in [5.41, 5.74) is 2.16. The molecule has 0 saturated carbocycles. The molecule has 0 aliphatic heterocycles. The Labute approximate surface area is 114 Å². The number of benzene rings is 1. The lowest BCUT2D eigenvalue weighted by Crippen LogP contribution is -2.12. The average Bonchev–Trinajstić information content (AvgIpc) is 2.80. The molecule has 0 unspecified atom stereocenters. The van der Waals surface area contributed by atoms with E-state index in [0.717, 1.165) is 16.5 Å². The van der Waals surface area contributed by atoms with Crippen molar-refractivity contribution in [2.75, 3.05) is 0 Å². The minimum absolute atomic E-state index is 0.0350. The molecule has 18 heavy (non-hydrogen) atoms. The number of hydrogen-bond acceptors (Lipinski definition) is 3. The maximum absolute atomic E-state index is 12.5. The van der Waals surface area contributed by atoms with Crippen LogP contribution in [0.1, 0.15) is 35.0 Å². The summed E-state index contributed by atoms with van der Waals surface area (Å²) in [6.07, 6.45) is 2.44. The first kappa shape index (κ1) is 13.0. The highest BCUT2D eigenvalue weighted by Crippen LogP contribution is 2.21. The van der Waals surface area contributed by atoms with Crippen molar-refractivity contribution in [1.82, 2.24) is 15.0 Å². The van der Waals surface area contributed by atoms with Crippen molar-refractivity contribution >= 4 is 21.7 Å². The van der Waals surface area contributed by atoms with E-state index in [1.807, 2.05) is 32.0 Å². The lowest BCUT2D eigenvalue weighted by molar-refractivity contribution is 0.102. The maximum Gasteiger partial charge on any atom is 0.212 e. The summed E-state index contributed by atoms with van der Waals surface area (Å²) in [5, 5.41) is 7.76. The van der Waals surface area contributed by atoms with Gasteiger partial charge in [-0.25, -0.2) is 4.68 Å². The number of carbonyl (C=O) groups excluding carboxylic acids is 1. The molecule has 1 heterocycles. The SMILES string of the molecule is CCCn1nncc1C(=O)c1cccc(Br)c1C. The van der Waals surface area contributed by atoms with Crippen LogP contribution in [-0.4, -0.2) is 20.8 Å². The highest BCUT2D eigenvalue weighted by molar-refractivity contribution is 9.10. The monoisotopic (exact) mass is 307 g/mol. The fraction of sp³-hybridized carbons (Fsp3) is 0.308. The van der Waals surface area contributed by atoms with E-state index in [1.165, 1.54) is 6.20 Å². The molecule has 0 aliphatic carbocycles. The molecule has 0 atom stereocenters. The lowest BCUT2D eigenvalue weighted by Gasteiger charge is -2.07. The van der Waals surface area contributed by atoms with Crippen LogP contribution in [0.3, 0.4) is 0 Å². The second-order valence-corrected chi connectivity index (χ2v) is 4.94. The standard InChI is InChI=1S/C13H14BrN3O/c1-3-7-17-12(8-15-16-17)13(18)10-5-4-6-11(14)9(10)2/h4-6,8H,3,7H2,1-2H3. The van der Waals surface area contributed by atoms with E-state index < -0.39 is 0 Å². The number of ketones is 1. The summed E-state index contributed by atoms with van der Waals surface area (Å²) in [5.74, 6) is -0.0350. The van der Waals surface area contributed by atoms with Gasteiger partial charge in [0.1, 0.15) is 5.69 Å². The van der Waals surface area contributed by atoms with Gasteiger partial charge >= 0.3 is 0 Å². The number of aromatic nitrogens is 3. The Morgan fingerprint density at radius 1 is 1.44 bits per heavy atom. The molecule has 2 aromatic rings. The van der Waals surface area contributed by atoms with E-state index in [4.69, 9.17) is 0 Å². The topological polar surface area (TPSA) is 47.8 Å². The van der Waals surface area contributed by atoms with Crippen molar-refractivity contribution in [3.8, 4) is 0 Å². The van der Waals surface area contributed by atoms with Crippen molar-refractivity contribution in [2.45, 2.75) is 26.8 Å². The van der Waals surface area contributed by atoms with Gasteiger partial charge in [-0.2, -0.15) is 0 Å². The summed E-state index contributed by atoms with van der Waals surface area (Å²) in [4.78, 5) is 12.5. The van der Waals surface area contributed by atoms with Gasteiger partial charge in [-0.3, -0.25) is 4.79 Å². The van der Waals surface area contributed by atoms with Crippen molar-refractivity contribution in [3.63, 3.8) is 0 Å². The van der Waals surface area contributed by atoms with Crippen molar-refractivity contribution in [2.24, 2.45) is 0 Å². The third-order valence-corrected chi connectivity index (χ3v) is 3.66. The number of rotatable bonds is 4. The number of nitrogens with zero attached hydrogens (tertiary/aromatic N) is 3. The molecular weight excluding hydrogens is 294 g/mol. The molecule has 0 N–H and O–H groups in total. The summed E-state index contributed by atoms with van der Waals surface area (Å²) in [7, 11) is 0. The normalized spacial score (nSPS) is 10.6. The van der Waals surface area contributed by atoms with Gasteiger partial charge in [-0.1, -0.05) is 40.2 Å². The van der Waals surface area contributed by atoms with Gasteiger partial charge in [0.25, 0.3) is 0 Å². The van der Waals surface area contributed by atoms with E-state index in [2.05, 4.69) is 26.2 Å². The molecule has 5 heteroatoms. The fourth-order valence-electron chi connectivity index (χ4n) is 1.80. The second-order valence-electron chi connectivity index (χ2n) is 4.08. The van der Waals surface area contributed by atoms with Crippen LogP contribution in [0.25, 0.3) is 0 Å². The van der Waals surface area contributed by atoms with Crippen LogP contribution in [0.4, 0.5) is 0 Å². The Bertz CT molecular complexity index is 577. The van der Waals surface area contributed by atoms with Gasteiger partial charge < -0.3 is 0 Å². The molecule has 1 aromatic carbocycles. The zero-order chi connectivity index (χ0) is 13.1. The van der Waals surface area contributed by atoms with E-state index in [0.29, 0.717) is 17.8 Å². The predicted octanol–water partition coefficient (Wildman–Crippen LogP) is 2.99. The Balaban J connectivity index is 2.42. The van der Waals surface area contributed by atoms with Gasteiger partial charge in [-0.15, -0.1) is 5.10 Å². The van der Waals surface area contributed by atoms with E-state index in [9.17, 15) is 4.79 Å². The van der Waals surface area contributed by atoms with Gasteiger partial charge in [-0.05, 0) is 25.0 Å². The van der Waals surface area contributed by atoms with Crippen LogP contribution >= 0.6 is 15.9 Å². The molecule has 94 valence electrons. The minimum Gasteiger partial charge on any atom is -0.287 e. The van der Waals surface area contributed by atoms with Gasteiger partial charge in [0, 0.05) is 16.6 Å². The Morgan fingerprint density at radius 3 is 2.94 bits per heavy atom. The quantitative estimate of drug-likeness (QED) is 0.816. The third-order valence-electron chi connectivity index (χ3n) is 2.80. The smallest absolute Gasteiger partial charge is 0.212 e. The van der Waals surface area contributed by atoms with Crippen LogP contribution in [0, 0.1) is 6.92 Å². The Hall–Kier alpha value is -1.49. The van der Waals surface area contributed by atoms with Crippen molar-refractivity contribution in [3.05, 3.63) is 45.7 Å². The summed E-state index contributed by atoms with van der Waals surface area (Å²) < 4.78 is 2.59. The molecule has 0 amide bonds. The second kappa shape index (κ2) is 5.44. The molecule has 0 radical (unpaired) electrons. The van der Waals surface area contributed by atoms with E-state index in [1.54, 1.807) is 4.68 Å². The Kier molecular flexibility index (Phi) is 3.91. The van der Waals surface area contributed by atoms with Gasteiger partial charge in [0.15, 0.2) is 0 Å². The van der Waals surface area contributed by atoms with E-state index in [-0.39, 0.29) is 5.78 Å². The number of halogens is 1. The molecule has 0 spiro atoms. The highest BCUT2D eigenvalue weighted by Gasteiger charge is 2.17. The first-order valence-electron chi connectivity index (χ1n) is 5.83. The fourth-order valence-corrected chi connectivity index (χ4v) is 2.17. The summed E-state index contributed by atoms with van der Waals surface area (Å²) in [6, 6.07) is 5.61. The molecule has 2 rings (SSSR count). The van der Waals surface area contributed by atoms with Crippen molar-refractivity contribution in [1.29, 1.82) is 0 Å². The molecule has 0 fully saturated rings. The number of carbonyl (C=O) groups is 1. The average molecular weight is 308 g/mol. The summed E-state index contributed by atoms with van der Waals surface area (Å²) in [6.45, 7) is 4.67. The zero-order valence-corrected chi connectivity index (χ0v) is 11.9.